The molecule has 0 aliphatic heterocycles. The highest BCUT2D eigenvalue weighted by atomic mass is 32.2. The second-order valence-corrected chi connectivity index (χ2v) is 8.57. The van der Waals surface area contributed by atoms with Gasteiger partial charge in [0, 0.05) is 11.3 Å². The van der Waals surface area contributed by atoms with Crippen molar-refractivity contribution < 1.29 is 9.15 Å². The van der Waals surface area contributed by atoms with Gasteiger partial charge in [0.1, 0.15) is 11.5 Å². The summed E-state index contributed by atoms with van der Waals surface area (Å²) in [6.45, 7) is 4.32. The van der Waals surface area contributed by atoms with Crippen LogP contribution in [0.1, 0.15) is 18.4 Å². The second-order valence-electron chi connectivity index (χ2n) is 7.63. The quantitative estimate of drug-likeness (QED) is 0.214. The van der Waals surface area contributed by atoms with Gasteiger partial charge in [0.05, 0.1) is 28.9 Å². The minimum Gasteiger partial charge on any atom is -0.492 e. The maximum atomic E-state index is 13.6. The van der Waals surface area contributed by atoms with Crippen LogP contribution >= 0.6 is 11.8 Å². The first kappa shape index (κ1) is 22.0. The minimum absolute atomic E-state index is 0.137. The number of fused-ring (bicyclic) bond motifs is 1. The lowest BCUT2D eigenvalue weighted by molar-refractivity contribution is 0.338. The van der Waals surface area contributed by atoms with Crippen molar-refractivity contribution in [2.24, 2.45) is 0 Å². The molecule has 3 aromatic carbocycles. The number of rotatable bonds is 7. The fraction of sp³-hybridized carbons (Fsp3) is 0.148. The fourth-order valence-corrected chi connectivity index (χ4v) is 4.75. The third-order valence-electron chi connectivity index (χ3n) is 5.40. The Hall–Kier alpha value is -3.84. The molecule has 0 fully saturated rings. The maximum absolute atomic E-state index is 13.6. The first-order valence-corrected chi connectivity index (χ1v) is 12.0. The van der Waals surface area contributed by atoms with E-state index in [1.165, 1.54) is 11.8 Å². The molecule has 170 valence electrons. The highest BCUT2D eigenvalue weighted by molar-refractivity contribution is 7.98. The highest BCUT2D eigenvalue weighted by Gasteiger charge is 2.18. The molecule has 0 atom stereocenters. The van der Waals surface area contributed by atoms with Gasteiger partial charge in [-0.2, -0.15) is 0 Å². The monoisotopic (exact) mass is 469 g/mol. The van der Waals surface area contributed by atoms with Crippen LogP contribution in [0.5, 0.6) is 5.75 Å². The molecule has 0 spiro atoms. The molecule has 34 heavy (non-hydrogen) atoms. The van der Waals surface area contributed by atoms with Gasteiger partial charge in [-0.25, -0.2) is 9.97 Å². The van der Waals surface area contributed by atoms with Gasteiger partial charge in [-0.15, -0.1) is 0 Å². The molecule has 0 aliphatic carbocycles. The van der Waals surface area contributed by atoms with Crippen LogP contribution in [0.4, 0.5) is 0 Å². The first-order chi connectivity index (χ1) is 16.7. The van der Waals surface area contributed by atoms with Gasteiger partial charge >= 0.3 is 0 Å². The normalized spacial score (nSPS) is 11.1. The summed E-state index contributed by atoms with van der Waals surface area (Å²) in [5, 5.41) is 1.13. The number of nitrogens with zero attached hydrogens (tertiary/aromatic N) is 3. The molecule has 0 saturated heterocycles. The van der Waals surface area contributed by atoms with Crippen LogP contribution in [0.2, 0.25) is 0 Å². The van der Waals surface area contributed by atoms with E-state index in [1.807, 2.05) is 86.6 Å². The summed E-state index contributed by atoms with van der Waals surface area (Å²) in [7, 11) is 0. The van der Waals surface area contributed by atoms with Gasteiger partial charge in [-0.05, 0) is 50.2 Å². The Balaban J connectivity index is 1.57. The Labute approximate surface area is 201 Å². The van der Waals surface area contributed by atoms with E-state index in [4.69, 9.17) is 19.1 Å². The molecule has 0 aliphatic rings. The largest absolute Gasteiger partial charge is 0.492 e. The number of oxazole rings is 1. The van der Waals surface area contributed by atoms with E-state index >= 15 is 0 Å². The van der Waals surface area contributed by atoms with E-state index < -0.39 is 0 Å². The molecule has 0 unspecified atom stereocenters. The number of thioether (sulfide) groups is 1. The van der Waals surface area contributed by atoms with Gasteiger partial charge in [0.2, 0.25) is 5.89 Å². The molecule has 2 aromatic heterocycles. The fourth-order valence-electron chi connectivity index (χ4n) is 3.74. The van der Waals surface area contributed by atoms with Crippen molar-refractivity contribution in [2.45, 2.75) is 24.8 Å². The van der Waals surface area contributed by atoms with Crippen LogP contribution in [0.25, 0.3) is 28.0 Å². The van der Waals surface area contributed by atoms with E-state index in [9.17, 15) is 4.79 Å². The molecule has 5 aromatic rings. The Morgan fingerprint density at radius 1 is 0.941 bits per heavy atom. The summed E-state index contributed by atoms with van der Waals surface area (Å²) >= 11 is 1.45. The SMILES string of the molecule is CCOc1ccccc1-n1c(SCc2nc(-c3ccccc3)oc2C)nc2ccccc2c1=O. The van der Waals surface area contributed by atoms with Gasteiger partial charge < -0.3 is 9.15 Å². The van der Waals surface area contributed by atoms with Gasteiger partial charge in [-0.1, -0.05) is 54.2 Å². The number of aryl methyl sites for hydroxylation is 1. The lowest BCUT2D eigenvalue weighted by Gasteiger charge is -2.16. The average molecular weight is 470 g/mol. The van der Waals surface area contributed by atoms with Crippen LogP contribution in [0.3, 0.4) is 0 Å². The molecule has 6 nitrogen and oxygen atoms in total. The van der Waals surface area contributed by atoms with Crippen molar-refractivity contribution >= 4 is 22.7 Å². The number of benzene rings is 3. The zero-order valence-electron chi connectivity index (χ0n) is 18.9. The van der Waals surface area contributed by atoms with Crippen molar-refractivity contribution in [2.75, 3.05) is 6.61 Å². The van der Waals surface area contributed by atoms with Crippen molar-refractivity contribution in [3.63, 3.8) is 0 Å². The molecule has 0 saturated carbocycles. The van der Waals surface area contributed by atoms with Crippen LogP contribution in [0.15, 0.2) is 93.2 Å². The number of hydrogen-bond donors (Lipinski definition) is 0. The summed E-state index contributed by atoms with van der Waals surface area (Å²) < 4.78 is 13.4. The average Bonchev–Trinajstić information content (AvgIpc) is 3.25. The standard InChI is InChI=1S/C27H23N3O3S/c1-3-32-24-16-10-9-15-23(24)30-26(31)20-13-7-8-14-21(20)29-27(30)34-17-22-18(2)33-25(28-22)19-11-5-4-6-12-19/h4-16H,3,17H2,1-2H3. The van der Waals surface area contributed by atoms with Crippen LogP contribution in [-0.2, 0) is 5.75 Å². The van der Waals surface area contributed by atoms with Crippen LogP contribution < -0.4 is 10.3 Å². The van der Waals surface area contributed by atoms with E-state index in [-0.39, 0.29) is 5.56 Å². The summed E-state index contributed by atoms with van der Waals surface area (Å²) in [6, 6.07) is 24.7. The van der Waals surface area contributed by atoms with E-state index in [0.717, 1.165) is 17.0 Å². The third kappa shape index (κ3) is 4.22. The maximum Gasteiger partial charge on any atom is 0.266 e. The van der Waals surface area contributed by atoms with Gasteiger partial charge in [0.15, 0.2) is 5.16 Å². The van der Waals surface area contributed by atoms with Gasteiger partial charge in [-0.3, -0.25) is 9.36 Å². The second kappa shape index (κ2) is 9.57. The van der Waals surface area contributed by atoms with Crippen molar-refractivity contribution in [3.05, 3.63) is 101 Å². The topological polar surface area (TPSA) is 70.2 Å². The number of para-hydroxylation sites is 3. The predicted octanol–water partition coefficient (Wildman–Crippen LogP) is 6.04. The van der Waals surface area contributed by atoms with Crippen LogP contribution in [0, 0.1) is 6.92 Å². The Morgan fingerprint density at radius 3 is 2.50 bits per heavy atom. The Morgan fingerprint density at radius 2 is 1.68 bits per heavy atom. The zero-order valence-corrected chi connectivity index (χ0v) is 19.7. The number of hydrogen-bond acceptors (Lipinski definition) is 6. The smallest absolute Gasteiger partial charge is 0.266 e. The molecule has 0 N–H and O–H groups in total. The third-order valence-corrected chi connectivity index (χ3v) is 6.35. The van der Waals surface area contributed by atoms with E-state index in [1.54, 1.807) is 10.6 Å². The summed E-state index contributed by atoms with van der Waals surface area (Å²) in [6.07, 6.45) is 0. The molecule has 0 bridgehead atoms. The number of ether oxygens (including phenoxy) is 1. The van der Waals surface area contributed by atoms with E-state index in [0.29, 0.717) is 45.7 Å². The lowest BCUT2D eigenvalue weighted by Crippen LogP contribution is -2.22. The first-order valence-electron chi connectivity index (χ1n) is 11.0. The van der Waals surface area contributed by atoms with Crippen molar-refractivity contribution in [1.29, 1.82) is 0 Å². The Kier molecular flexibility index (Phi) is 6.18. The molecular formula is C27H23N3O3S. The molecule has 0 radical (unpaired) electrons. The van der Waals surface area contributed by atoms with Crippen molar-refractivity contribution in [3.8, 4) is 22.9 Å². The highest BCUT2D eigenvalue weighted by Crippen LogP contribution is 2.30. The Bertz CT molecular complexity index is 1510. The summed E-state index contributed by atoms with van der Waals surface area (Å²) in [5.41, 5.74) is 2.92. The lowest BCUT2D eigenvalue weighted by atomic mass is 10.2. The predicted molar refractivity (Wildman–Crippen MR) is 135 cm³/mol. The summed E-state index contributed by atoms with van der Waals surface area (Å²) in [5.74, 6) is 2.47. The number of aromatic nitrogens is 3. The molecule has 2 heterocycles. The molecule has 7 heteroatoms. The van der Waals surface area contributed by atoms with E-state index in [2.05, 4.69) is 0 Å². The zero-order chi connectivity index (χ0) is 23.5. The van der Waals surface area contributed by atoms with Gasteiger partial charge in [0.25, 0.3) is 5.56 Å². The minimum atomic E-state index is -0.137. The summed E-state index contributed by atoms with van der Waals surface area (Å²) in [4.78, 5) is 23.1. The molecular weight excluding hydrogens is 446 g/mol. The molecule has 0 amide bonds. The molecule has 5 rings (SSSR count). The van der Waals surface area contributed by atoms with Crippen LogP contribution in [-0.4, -0.2) is 21.1 Å². The van der Waals surface area contributed by atoms with Crippen molar-refractivity contribution in [1.82, 2.24) is 14.5 Å².